The van der Waals surface area contributed by atoms with E-state index in [0.717, 1.165) is 0 Å². The molecule has 0 spiro atoms. The smallest absolute Gasteiger partial charge is 0.0533 e. The van der Waals surface area contributed by atoms with E-state index in [0.29, 0.717) is 0 Å². The lowest BCUT2D eigenvalue weighted by atomic mass is 9.86. The summed E-state index contributed by atoms with van der Waals surface area (Å²) < 4.78 is 4.11. The first-order chi connectivity index (χ1) is 20.8. The topological polar surface area (TPSA) is 0 Å². The monoisotopic (exact) mass is 568 g/mol. The van der Waals surface area contributed by atoms with Gasteiger partial charge in [0.1, 0.15) is 0 Å². The molecule has 0 nitrogen and oxygen atoms in total. The van der Waals surface area contributed by atoms with Crippen molar-refractivity contribution in [3.8, 4) is 33.4 Å². The van der Waals surface area contributed by atoms with Gasteiger partial charge in [0.2, 0.25) is 0 Å². The molecule has 2 heterocycles. The van der Waals surface area contributed by atoms with Crippen LogP contribution in [0.3, 0.4) is 0 Å². The Morgan fingerprint density at radius 1 is 0.357 bits per heavy atom. The minimum Gasteiger partial charge on any atom is -0.142 e. The van der Waals surface area contributed by atoms with Crippen LogP contribution in [0.1, 0.15) is 0 Å². The summed E-state index contributed by atoms with van der Waals surface area (Å²) in [6.45, 7) is 0. The third-order valence-corrected chi connectivity index (χ3v) is 10.9. The van der Waals surface area contributed by atoms with Gasteiger partial charge in [0.25, 0.3) is 0 Å². The molecule has 42 heavy (non-hydrogen) atoms. The summed E-state index contributed by atoms with van der Waals surface area (Å²) in [5.74, 6) is 0. The molecule has 0 fully saturated rings. The molecule has 0 unspecified atom stereocenters. The standard InChI is InChI=1S/C40H24S2/c1-3-11-25(12-4-1)35-24-41-39-33(35)21-20-32-34-23-27(19-22-36(34)42-40(32)39)38-30-17-9-7-15-28(30)37(26-13-5-2-6-14-26)29-16-8-10-18-31(29)38/h1-24H. The molecule has 0 N–H and O–H groups in total. The van der Waals surface area contributed by atoms with Crippen molar-refractivity contribution in [2.45, 2.75) is 0 Å². The Labute approximate surface area is 251 Å². The molecule has 0 amide bonds. The molecule has 0 radical (unpaired) electrons. The fraction of sp³-hybridized carbons (Fsp3) is 0. The molecule has 0 aliphatic heterocycles. The molecule has 0 atom stereocenters. The number of thiophene rings is 2. The maximum Gasteiger partial charge on any atom is 0.0533 e. The van der Waals surface area contributed by atoms with Gasteiger partial charge in [-0.2, -0.15) is 0 Å². The third kappa shape index (κ3) is 3.53. The highest BCUT2D eigenvalue weighted by Gasteiger charge is 2.18. The molecule has 7 aromatic carbocycles. The summed E-state index contributed by atoms with van der Waals surface area (Å²) >= 11 is 3.79. The Bertz CT molecular complexity index is 2390. The first-order valence-electron chi connectivity index (χ1n) is 14.3. The minimum atomic E-state index is 1.26. The van der Waals surface area contributed by atoms with Crippen LogP contribution >= 0.6 is 22.7 Å². The normalized spacial score (nSPS) is 11.8. The summed E-state index contributed by atoms with van der Waals surface area (Å²) in [5, 5.41) is 11.5. The Morgan fingerprint density at radius 3 is 1.55 bits per heavy atom. The zero-order valence-electron chi connectivity index (χ0n) is 22.7. The molecule has 0 saturated carbocycles. The molecule has 196 valence electrons. The quantitative estimate of drug-likeness (QED) is 0.186. The molecule has 9 rings (SSSR count). The molecular formula is C40H24S2. The Hall–Kier alpha value is -4.76. The highest BCUT2D eigenvalue weighted by Crippen LogP contribution is 2.47. The van der Waals surface area contributed by atoms with E-state index in [2.05, 4.69) is 145 Å². The fourth-order valence-corrected chi connectivity index (χ4v) is 9.09. The number of hydrogen-bond acceptors (Lipinski definition) is 2. The van der Waals surface area contributed by atoms with Crippen LogP contribution < -0.4 is 0 Å². The predicted octanol–water partition coefficient (Wildman–Crippen LogP) is 12.6. The summed E-state index contributed by atoms with van der Waals surface area (Å²) in [6, 6.07) is 51.2. The van der Waals surface area contributed by atoms with Gasteiger partial charge < -0.3 is 0 Å². The Morgan fingerprint density at radius 2 is 0.905 bits per heavy atom. The van der Waals surface area contributed by atoms with E-state index in [-0.39, 0.29) is 0 Å². The van der Waals surface area contributed by atoms with E-state index in [1.165, 1.54) is 85.2 Å². The average molecular weight is 569 g/mol. The van der Waals surface area contributed by atoms with Gasteiger partial charge in [-0.15, -0.1) is 22.7 Å². The molecule has 2 aromatic heterocycles. The average Bonchev–Trinajstić information content (AvgIpc) is 3.66. The van der Waals surface area contributed by atoms with Crippen LogP contribution in [-0.4, -0.2) is 0 Å². The number of rotatable bonds is 3. The second-order valence-electron chi connectivity index (χ2n) is 10.9. The van der Waals surface area contributed by atoms with Crippen LogP contribution in [0.2, 0.25) is 0 Å². The highest BCUT2D eigenvalue weighted by molar-refractivity contribution is 7.30. The minimum absolute atomic E-state index is 1.26. The maximum atomic E-state index is 2.43. The van der Waals surface area contributed by atoms with Gasteiger partial charge >= 0.3 is 0 Å². The van der Waals surface area contributed by atoms with E-state index >= 15 is 0 Å². The van der Waals surface area contributed by atoms with Crippen molar-refractivity contribution in [3.63, 3.8) is 0 Å². The lowest BCUT2D eigenvalue weighted by molar-refractivity contribution is 1.66. The van der Waals surface area contributed by atoms with Crippen molar-refractivity contribution in [2.24, 2.45) is 0 Å². The first-order valence-corrected chi connectivity index (χ1v) is 16.0. The predicted molar refractivity (Wildman–Crippen MR) is 186 cm³/mol. The second-order valence-corrected chi connectivity index (χ2v) is 12.8. The molecule has 0 bridgehead atoms. The van der Waals surface area contributed by atoms with Crippen LogP contribution in [0.25, 0.3) is 85.2 Å². The third-order valence-electron chi connectivity index (χ3n) is 8.55. The lowest BCUT2D eigenvalue weighted by Crippen LogP contribution is -1.90. The summed E-state index contributed by atoms with van der Waals surface area (Å²) in [5.41, 5.74) is 7.75. The van der Waals surface area contributed by atoms with Crippen LogP contribution in [0.15, 0.2) is 145 Å². The zero-order valence-corrected chi connectivity index (χ0v) is 24.3. The number of benzene rings is 7. The summed E-state index contributed by atoms with van der Waals surface area (Å²) in [7, 11) is 0. The molecular weight excluding hydrogens is 545 g/mol. The molecule has 0 aliphatic rings. The SMILES string of the molecule is c1ccc(-c2c3ccccc3c(-c3ccc4sc5c(ccc6c(-c7ccccc7)csc65)c4c3)c3ccccc23)cc1. The van der Waals surface area contributed by atoms with Crippen molar-refractivity contribution in [1.29, 1.82) is 0 Å². The van der Waals surface area contributed by atoms with Crippen LogP contribution in [-0.2, 0) is 0 Å². The van der Waals surface area contributed by atoms with E-state index in [1.54, 1.807) is 0 Å². The van der Waals surface area contributed by atoms with Gasteiger partial charge in [0.15, 0.2) is 0 Å². The largest absolute Gasteiger partial charge is 0.142 e. The van der Waals surface area contributed by atoms with Gasteiger partial charge in [0.05, 0.1) is 9.40 Å². The fourth-order valence-electron chi connectivity index (χ4n) is 6.68. The van der Waals surface area contributed by atoms with Crippen molar-refractivity contribution in [3.05, 3.63) is 145 Å². The molecule has 9 aromatic rings. The van der Waals surface area contributed by atoms with Crippen molar-refractivity contribution in [1.82, 2.24) is 0 Å². The van der Waals surface area contributed by atoms with Crippen LogP contribution in [0.4, 0.5) is 0 Å². The molecule has 0 aliphatic carbocycles. The van der Waals surface area contributed by atoms with Gasteiger partial charge in [-0.3, -0.25) is 0 Å². The summed E-state index contributed by atoms with van der Waals surface area (Å²) in [6.07, 6.45) is 0. The van der Waals surface area contributed by atoms with E-state index in [9.17, 15) is 0 Å². The van der Waals surface area contributed by atoms with E-state index in [4.69, 9.17) is 0 Å². The van der Waals surface area contributed by atoms with Gasteiger partial charge in [-0.25, -0.2) is 0 Å². The molecule has 2 heteroatoms. The Balaban J connectivity index is 1.31. The van der Waals surface area contributed by atoms with Crippen LogP contribution in [0.5, 0.6) is 0 Å². The van der Waals surface area contributed by atoms with E-state index in [1.807, 2.05) is 22.7 Å². The van der Waals surface area contributed by atoms with Crippen molar-refractivity contribution < 1.29 is 0 Å². The van der Waals surface area contributed by atoms with Crippen molar-refractivity contribution in [2.75, 3.05) is 0 Å². The van der Waals surface area contributed by atoms with Crippen LogP contribution in [0, 0.1) is 0 Å². The first kappa shape index (κ1) is 23.9. The highest BCUT2D eigenvalue weighted by atomic mass is 32.1. The van der Waals surface area contributed by atoms with Gasteiger partial charge in [-0.1, -0.05) is 127 Å². The van der Waals surface area contributed by atoms with Gasteiger partial charge in [-0.05, 0) is 66.9 Å². The second kappa shape index (κ2) is 9.39. The van der Waals surface area contributed by atoms with E-state index < -0.39 is 0 Å². The number of hydrogen-bond donors (Lipinski definition) is 0. The zero-order chi connectivity index (χ0) is 27.6. The molecule has 0 saturated heterocycles. The lowest BCUT2D eigenvalue weighted by Gasteiger charge is -2.17. The summed E-state index contributed by atoms with van der Waals surface area (Å²) in [4.78, 5) is 0. The number of fused-ring (bicyclic) bond motifs is 7. The van der Waals surface area contributed by atoms with Gasteiger partial charge in [0, 0.05) is 26.4 Å². The van der Waals surface area contributed by atoms with Crippen molar-refractivity contribution >= 4 is 74.5 Å². The maximum absolute atomic E-state index is 2.43. The Kier molecular flexibility index (Phi) is 5.34.